The number of hydrogen-bond acceptors (Lipinski definition) is 6. The van der Waals surface area contributed by atoms with Crippen LogP contribution in [0.5, 0.6) is 5.75 Å². The van der Waals surface area contributed by atoms with Crippen LogP contribution in [0, 0.1) is 0 Å². The van der Waals surface area contributed by atoms with Gasteiger partial charge in [0.25, 0.3) is 0 Å². The number of carbonyl (C=O) groups is 2. The first-order chi connectivity index (χ1) is 16.7. The number of Topliss-reactive ketones (excluding diaryl/α,β-unsaturated/α-hetero) is 2. The fourth-order valence-corrected chi connectivity index (χ4v) is 7.31. The van der Waals surface area contributed by atoms with Gasteiger partial charge in [0.05, 0.1) is 10.4 Å². The van der Waals surface area contributed by atoms with Crippen molar-refractivity contribution < 1.29 is 26.9 Å². The van der Waals surface area contributed by atoms with Crippen molar-refractivity contribution in [2.24, 2.45) is 0 Å². The molecule has 2 aliphatic carbocycles. The van der Waals surface area contributed by atoms with Crippen molar-refractivity contribution in [1.82, 2.24) is 0 Å². The maximum absolute atomic E-state index is 13.2. The Morgan fingerprint density at radius 3 is 2.03 bits per heavy atom. The van der Waals surface area contributed by atoms with Gasteiger partial charge in [-0.25, -0.2) is 0 Å². The van der Waals surface area contributed by atoms with Gasteiger partial charge in [0.1, 0.15) is 16.4 Å². The van der Waals surface area contributed by atoms with Crippen LogP contribution in [0.2, 0.25) is 5.02 Å². The molecule has 0 aromatic heterocycles. The van der Waals surface area contributed by atoms with Gasteiger partial charge in [-0.3, -0.25) is 9.59 Å². The molecule has 0 fully saturated rings. The number of halogens is 3. The summed E-state index contributed by atoms with van der Waals surface area (Å²) in [5.41, 5.74) is 1.21. The van der Waals surface area contributed by atoms with Crippen LogP contribution < -0.4 is 4.18 Å². The predicted octanol–water partition coefficient (Wildman–Crippen LogP) is 6.76. The van der Waals surface area contributed by atoms with Crippen LogP contribution >= 0.6 is 43.5 Å². The summed E-state index contributed by atoms with van der Waals surface area (Å²) in [6, 6.07) is 9.00. The lowest BCUT2D eigenvalue weighted by molar-refractivity contribution is -0.117. The summed E-state index contributed by atoms with van der Waals surface area (Å²) in [4.78, 5) is 26.2. The highest BCUT2D eigenvalue weighted by atomic mass is 79.9. The lowest BCUT2D eigenvalue weighted by Gasteiger charge is -2.36. The van der Waals surface area contributed by atoms with E-state index >= 15 is 0 Å². The molecule has 0 unspecified atom stereocenters. The number of allylic oxidation sites excluding steroid dienone is 4. The van der Waals surface area contributed by atoms with Crippen LogP contribution in [0.25, 0.3) is 0 Å². The first kappa shape index (κ1) is 24.7. The average molecular weight is 643 g/mol. The largest absolute Gasteiger partial charge is 0.465 e. The van der Waals surface area contributed by atoms with E-state index in [4.69, 9.17) is 20.5 Å². The second-order valence-corrected chi connectivity index (χ2v) is 12.3. The molecular formula is C25H19Br2ClO6S. The Kier molecular flexibility index (Phi) is 6.72. The molecule has 0 spiro atoms. The Balaban J connectivity index is 1.71. The SMILES string of the molecule is O=C1CCCC2=C1C(c1cc(Br)cc(Br)c1OS(=O)(=O)c1ccc(Cl)cc1)C1=C(CCCC1=O)O2. The summed E-state index contributed by atoms with van der Waals surface area (Å²) in [5, 5.41) is 0.391. The second-order valence-electron chi connectivity index (χ2n) is 8.56. The predicted molar refractivity (Wildman–Crippen MR) is 137 cm³/mol. The molecule has 0 radical (unpaired) electrons. The summed E-state index contributed by atoms with van der Waals surface area (Å²) >= 11 is 12.8. The molecule has 2 aromatic rings. The van der Waals surface area contributed by atoms with E-state index in [0.29, 0.717) is 80.7 Å². The fraction of sp³-hybridized carbons (Fsp3) is 0.280. The smallest absolute Gasteiger partial charge is 0.339 e. The molecule has 0 saturated carbocycles. The lowest BCUT2D eigenvalue weighted by Crippen LogP contribution is -2.30. The van der Waals surface area contributed by atoms with Gasteiger partial charge in [-0.2, -0.15) is 8.42 Å². The van der Waals surface area contributed by atoms with Gasteiger partial charge in [0.15, 0.2) is 17.3 Å². The van der Waals surface area contributed by atoms with Gasteiger partial charge in [-0.1, -0.05) is 27.5 Å². The molecular weight excluding hydrogens is 624 g/mol. The van der Waals surface area contributed by atoms with Crippen LogP contribution in [0.1, 0.15) is 50.0 Å². The molecule has 5 rings (SSSR count). The van der Waals surface area contributed by atoms with E-state index in [-0.39, 0.29) is 22.2 Å². The zero-order valence-electron chi connectivity index (χ0n) is 18.3. The van der Waals surface area contributed by atoms with Gasteiger partial charge >= 0.3 is 10.1 Å². The summed E-state index contributed by atoms with van der Waals surface area (Å²) in [7, 11) is -4.25. The van der Waals surface area contributed by atoms with Crippen LogP contribution in [0.4, 0.5) is 0 Å². The van der Waals surface area contributed by atoms with E-state index in [1.165, 1.54) is 24.3 Å². The van der Waals surface area contributed by atoms with E-state index < -0.39 is 16.0 Å². The van der Waals surface area contributed by atoms with Crippen molar-refractivity contribution >= 4 is 65.1 Å². The summed E-state index contributed by atoms with van der Waals surface area (Å²) in [5.74, 6) is 0.140. The van der Waals surface area contributed by atoms with E-state index in [1.54, 1.807) is 12.1 Å². The Morgan fingerprint density at radius 1 is 0.886 bits per heavy atom. The maximum atomic E-state index is 13.2. The molecule has 182 valence electrons. The Hall–Kier alpha value is -1.94. The highest BCUT2D eigenvalue weighted by Crippen LogP contribution is 2.51. The number of rotatable bonds is 4. The molecule has 0 amide bonds. The third-order valence-corrected chi connectivity index (χ3v) is 8.82. The van der Waals surface area contributed by atoms with E-state index in [1.807, 2.05) is 0 Å². The van der Waals surface area contributed by atoms with Crippen molar-refractivity contribution in [3.05, 3.63) is 78.6 Å². The van der Waals surface area contributed by atoms with Crippen LogP contribution in [-0.2, 0) is 24.4 Å². The minimum absolute atomic E-state index is 0.0190. The number of ether oxygens (including phenoxy) is 1. The number of ketones is 2. The van der Waals surface area contributed by atoms with Gasteiger partial charge in [-0.15, -0.1) is 0 Å². The van der Waals surface area contributed by atoms with Crippen LogP contribution in [0.15, 0.2) is 72.9 Å². The van der Waals surface area contributed by atoms with Crippen LogP contribution in [-0.4, -0.2) is 20.0 Å². The van der Waals surface area contributed by atoms with Crippen molar-refractivity contribution in [3.8, 4) is 5.75 Å². The Morgan fingerprint density at radius 2 is 1.46 bits per heavy atom. The topological polar surface area (TPSA) is 86.7 Å². The molecule has 6 nitrogen and oxygen atoms in total. The first-order valence-corrected chi connectivity index (χ1v) is 14.4. The van der Waals surface area contributed by atoms with Crippen LogP contribution in [0.3, 0.4) is 0 Å². The van der Waals surface area contributed by atoms with Gasteiger partial charge in [0, 0.05) is 51.9 Å². The Labute approximate surface area is 224 Å². The minimum Gasteiger partial charge on any atom is -0.465 e. The second kappa shape index (κ2) is 9.50. The molecule has 1 aliphatic heterocycles. The van der Waals surface area contributed by atoms with Crippen molar-refractivity contribution in [1.29, 1.82) is 0 Å². The summed E-state index contributed by atoms with van der Waals surface area (Å²) < 4.78 is 39.2. The van der Waals surface area contributed by atoms with E-state index in [2.05, 4.69) is 31.9 Å². The minimum atomic E-state index is -4.25. The molecule has 0 bridgehead atoms. The number of hydrogen-bond donors (Lipinski definition) is 0. The first-order valence-electron chi connectivity index (χ1n) is 11.0. The molecule has 35 heavy (non-hydrogen) atoms. The fourth-order valence-electron chi connectivity index (χ4n) is 4.77. The van der Waals surface area contributed by atoms with Gasteiger partial charge in [-0.05, 0) is 65.2 Å². The molecule has 10 heteroatoms. The molecule has 3 aliphatic rings. The average Bonchev–Trinajstić information content (AvgIpc) is 2.80. The van der Waals surface area contributed by atoms with Gasteiger partial charge in [0.2, 0.25) is 0 Å². The summed E-state index contributed by atoms with van der Waals surface area (Å²) in [6.45, 7) is 0. The van der Waals surface area contributed by atoms with Crippen molar-refractivity contribution in [2.45, 2.75) is 49.3 Å². The standard InChI is InChI=1S/C25H19Br2ClO6S/c26-13-11-16(25(17(27)12-13)34-35(31,32)15-9-7-14(28)8-10-15)22-23-18(29)3-1-5-20(23)33-21-6-2-4-19(30)24(21)22/h7-12,22H,1-6H2. The molecule has 0 atom stereocenters. The Bertz CT molecular complexity index is 1380. The highest BCUT2D eigenvalue weighted by molar-refractivity contribution is 9.11. The van der Waals surface area contributed by atoms with Crippen molar-refractivity contribution in [2.75, 3.05) is 0 Å². The lowest BCUT2D eigenvalue weighted by atomic mass is 9.73. The zero-order valence-corrected chi connectivity index (χ0v) is 23.0. The number of carbonyl (C=O) groups excluding carboxylic acids is 2. The van der Waals surface area contributed by atoms with E-state index in [0.717, 1.165) is 0 Å². The normalized spacial score (nSPS) is 18.8. The maximum Gasteiger partial charge on any atom is 0.339 e. The third-order valence-electron chi connectivity index (χ3n) is 6.28. The number of benzene rings is 2. The summed E-state index contributed by atoms with van der Waals surface area (Å²) in [6.07, 6.45) is 3.16. The molecule has 0 saturated heterocycles. The van der Waals surface area contributed by atoms with Crippen molar-refractivity contribution in [3.63, 3.8) is 0 Å². The van der Waals surface area contributed by atoms with Gasteiger partial charge < -0.3 is 8.92 Å². The molecule has 2 aromatic carbocycles. The molecule has 1 heterocycles. The zero-order chi connectivity index (χ0) is 24.9. The quantitative estimate of drug-likeness (QED) is 0.343. The highest BCUT2D eigenvalue weighted by Gasteiger charge is 2.43. The van der Waals surface area contributed by atoms with E-state index in [9.17, 15) is 18.0 Å². The molecule has 0 N–H and O–H groups in total. The third kappa shape index (κ3) is 4.63. The monoisotopic (exact) mass is 640 g/mol.